The first-order valence-corrected chi connectivity index (χ1v) is 5.13. The average molecular weight is 271 g/mol. The third kappa shape index (κ3) is 2.79. The van der Waals surface area contributed by atoms with E-state index in [1.165, 1.54) is 12.3 Å². The zero-order valence-electron chi connectivity index (χ0n) is 7.71. The molecule has 2 rings (SSSR count). The summed E-state index contributed by atoms with van der Waals surface area (Å²) in [5, 5.41) is 3.06. The van der Waals surface area contributed by atoms with Gasteiger partial charge >= 0.3 is 0 Å². The summed E-state index contributed by atoms with van der Waals surface area (Å²) in [4.78, 5) is 3.53. The first-order valence-electron chi connectivity index (χ1n) is 4.34. The Balaban J connectivity index is 1.96. The third-order valence-electron chi connectivity index (χ3n) is 1.82. The van der Waals surface area contributed by atoms with Crippen LogP contribution >= 0.6 is 15.9 Å². The van der Waals surface area contributed by atoms with Crippen LogP contribution in [0, 0.1) is 5.95 Å². The minimum absolute atomic E-state index is 0.485. The number of hydrogen-bond acceptors (Lipinski definition) is 3. The van der Waals surface area contributed by atoms with Crippen LogP contribution in [0.15, 0.2) is 39.5 Å². The molecule has 2 heterocycles. The summed E-state index contributed by atoms with van der Waals surface area (Å²) in [6.45, 7) is 0.541. The molecule has 0 saturated carbocycles. The highest BCUT2D eigenvalue weighted by Crippen LogP contribution is 2.15. The lowest BCUT2D eigenvalue weighted by Gasteiger charge is -2.02. The van der Waals surface area contributed by atoms with Crippen molar-refractivity contribution in [3.8, 4) is 0 Å². The van der Waals surface area contributed by atoms with E-state index in [4.69, 9.17) is 4.42 Å². The SMILES string of the molecule is Fc1ccc(NCc2ccc(Br)o2)cn1. The Morgan fingerprint density at radius 2 is 2.20 bits per heavy atom. The van der Waals surface area contributed by atoms with Crippen LogP contribution in [0.5, 0.6) is 0 Å². The topological polar surface area (TPSA) is 38.1 Å². The van der Waals surface area contributed by atoms with Crippen LogP contribution in [0.25, 0.3) is 0 Å². The van der Waals surface area contributed by atoms with Crippen molar-refractivity contribution < 1.29 is 8.81 Å². The third-order valence-corrected chi connectivity index (χ3v) is 2.25. The van der Waals surface area contributed by atoms with Crippen molar-refractivity contribution >= 4 is 21.6 Å². The van der Waals surface area contributed by atoms with Crippen molar-refractivity contribution in [2.24, 2.45) is 0 Å². The van der Waals surface area contributed by atoms with Gasteiger partial charge in [0.15, 0.2) is 4.67 Å². The van der Waals surface area contributed by atoms with Crippen LogP contribution in [0.4, 0.5) is 10.1 Å². The molecule has 2 aromatic rings. The van der Waals surface area contributed by atoms with Crippen LogP contribution in [0.2, 0.25) is 0 Å². The Morgan fingerprint density at radius 1 is 1.33 bits per heavy atom. The molecule has 0 aliphatic carbocycles. The van der Waals surface area contributed by atoms with Gasteiger partial charge in [0.25, 0.3) is 0 Å². The number of nitrogens with one attached hydrogen (secondary N) is 1. The van der Waals surface area contributed by atoms with Crippen molar-refractivity contribution in [1.29, 1.82) is 0 Å². The van der Waals surface area contributed by atoms with Gasteiger partial charge in [0.05, 0.1) is 18.4 Å². The molecule has 0 fully saturated rings. The number of aromatic nitrogens is 1. The van der Waals surface area contributed by atoms with Gasteiger partial charge in [-0.2, -0.15) is 4.39 Å². The van der Waals surface area contributed by atoms with Crippen LogP contribution in [-0.4, -0.2) is 4.98 Å². The smallest absolute Gasteiger partial charge is 0.212 e. The highest BCUT2D eigenvalue weighted by molar-refractivity contribution is 9.10. The predicted molar refractivity (Wildman–Crippen MR) is 57.9 cm³/mol. The van der Waals surface area contributed by atoms with Gasteiger partial charge in [-0.3, -0.25) is 0 Å². The predicted octanol–water partition coefficient (Wildman–Crippen LogP) is 3.19. The molecule has 0 saturated heterocycles. The van der Waals surface area contributed by atoms with Crippen molar-refractivity contribution in [1.82, 2.24) is 4.98 Å². The van der Waals surface area contributed by atoms with Gasteiger partial charge in [-0.15, -0.1) is 0 Å². The van der Waals surface area contributed by atoms with Crippen LogP contribution < -0.4 is 5.32 Å². The molecule has 0 unspecified atom stereocenters. The van der Waals surface area contributed by atoms with E-state index < -0.39 is 5.95 Å². The van der Waals surface area contributed by atoms with Crippen molar-refractivity contribution in [2.45, 2.75) is 6.54 Å². The van der Waals surface area contributed by atoms with Crippen LogP contribution in [0.1, 0.15) is 5.76 Å². The van der Waals surface area contributed by atoms with Crippen molar-refractivity contribution in [2.75, 3.05) is 5.32 Å². The number of rotatable bonds is 3. The lowest BCUT2D eigenvalue weighted by atomic mass is 10.4. The second-order valence-electron chi connectivity index (χ2n) is 2.93. The lowest BCUT2D eigenvalue weighted by Crippen LogP contribution is -1.98. The minimum atomic E-state index is -0.485. The number of nitrogens with zero attached hydrogens (tertiary/aromatic N) is 1. The monoisotopic (exact) mass is 270 g/mol. The van der Waals surface area contributed by atoms with Gasteiger partial charge in [-0.25, -0.2) is 4.98 Å². The van der Waals surface area contributed by atoms with E-state index in [1.54, 1.807) is 6.07 Å². The molecule has 0 atom stereocenters. The molecule has 0 aliphatic rings. The first-order chi connectivity index (χ1) is 7.24. The minimum Gasteiger partial charge on any atom is -0.452 e. The van der Waals surface area contributed by atoms with Crippen LogP contribution in [0.3, 0.4) is 0 Å². The van der Waals surface area contributed by atoms with E-state index in [2.05, 4.69) is 26.2 Å². The summed E-state index contributed by atoms with van der Waals surface area (Å²) < 4.78 is 18.5. The zero-order chi connectivity index (χ0) is 10.7. The number of anilines is 1. The van der Waals surface area contributed by atoms with E-state index in [0.717, 1.165) is 11.4 Å². The van der Waals surface area contributed by atoms with Gasteiger partial charge in [-0.05, 0) is 40.2 Å². The Kier molecular flexibility index (Phi) is 3.01. The number of pyridine rings is 1. The summed E-state index contributed by atoms with van der Waals surface area (Å²) >= 11 is 3.21. The normalized spacial score (nSPS) is 10.3. The van der Waals surface area contributed by atoms with Gasteiger partial charge in [0.2, 0.25) is 5.95 Å². The molecule has 15 heavy (non-hydrogen) atoms. The highest BCUT2D eigenvalue weighted by Gasteiger charge is 1.99. The maximum Gasteiger partial charge on any atom is 0.212 e. The van der Waals surface area contributed by atoms with Crippen LogP contribution in [-0.2, 0) is 6.54 Å². The molecule has 0 amide bonds. The Morgan fingerprint density at radius 3 is 2.80 bits per heavy atom. The maximum atomic E-state index is 12.5. The Bertz CT molecular complexity index is 441. The summed E-state index contributed by atoms with van der Waals surface area (Å²) in [7, 11) is 0. The molecule has 0 spiro atoms. The summed E-state index contributed by atoms with van der Waals surface area (Å²) in [5.41, 5.74) is 0.754. The standard InChI is InChI=1S/C10H8BrFN2O/c11-9-3-2-8(15-9)6-13-7-1-4-10(12)14-5-7/h1-5,13H,6H2. The fourth-order valence-corrected chi connectivity index (χ4v) is 1.46. The van der Waals surface area contributed by atoms with Crippen molar-refractivity contribution in [3.05, 3.63) is 46.8 Å². The van der Waals surface area contributed by atoms with Gasteiger partial charge < -0.3 is 9.73 Å². The number of hydrogen-bond donors (Lipinski definition) is 1. The maximum absolute atomic E-state index is 12.5. The fourth-order valence-electron chi connectivity index (χ4n) is 1.12. The molecule has 0 bridgehead atoms. The Hall–Kier alpha value is -1.36. The summed E-state index contributed by atoms with van der Waals surface area (Å²) in [5.74, 6) is 0.312. The molecule has 5 heteroatoms. The zero-order valence-corrected chi connectivity index (χ0v) is 9.29. The molecule has 0 aliphatic heterocycles. The van der Waals surface area contributed by atoms with E-state index in [0.29, 0.717) is 11.2 Å². The molecule has 78 valence electrons. The summed E-state index contributed by atoms with van der Waals surface area (Å²) in [6.07, 6.45) is 1.44. The largest absolute Gasteiger partial charge is 0.452 e. The quantitative estimate of drug-likeness (QED) is 0.871. The fraction of sp³-hybridized carbons (Fsp3) is 0.100. The Labute approximate surface area is 94.5 Å². The number of furan rings is 1. The molecular formula is C10H8BrFN2O. The molecule has 1 N–H and O–H groups in total. The lowest BCUT2D eigenvalue weighted by molar-refractivity contribution is 0.495. The molecule has 0 aromatic carbocycles. The van der Waals surface area contributed by atoms with Gasteiger partial charge in [0, 0.05) is 0 Å². The summed E-state index contributed by atoms with van der Waals surface area (Å²) in [6, 6.07) is 6.61. The van der Waals surface area contributed by atoms with E-state index >= 15 is 0 Å². The highest BCUT2D eigenvalue weighted by atomic mass is 79.9. The van der Waals surface area contributed by atoms with Gasteiger partial charge in [0.1, 0.15) is 5.76 Å². The van der Waals surface area contributed by atoms with E-state index in [1.807, 2.05) is 12.1 Å². The number of halogens is 2. The molecule has 3 nitrogen and oxygen atoms in total. The molecular weight excluding hydrogens is 263 g/mol. The van der Waals surface area contributed by atoms with E-state index in [-0.39, 0.29) is 0 Å². The van der Waals surface area contributed by atoms with E-state index in [9.17, 15) is 4.39 Å². The second-order valence-corrected chi connectivity index (χ2v) is 3.71. The van der Waals surface area contributed by atoms with Crippen molar-refractivity contribution in [3.63, 3.8) is 0 Å². The molecule has 0 radical (unpaired) electrons. The molecule has 2 aromatic heterocycles. The van der Waals surface area contributed by atoms with Gasteiger partial charge in [-0.1, -0.05) is 0 Å². The first kappa shape index (κ1) is 10.2. The average Bonchev–Trinajstić information content (AvgIpc) is 2.64. The second kappa shape index (κ2) is 4.44.